The molecule has 0 aliphatic rings. The molecule has 0 aromatic rings. The molecular formula is C10H16O4. The standard InChI is InChI=1S/C10H16O4/c1-4-9(10(11)13-6-3)14-8-7-12-5-2/h4-5H,2,6-8H2,1,3H3. The van der Waals surface area contributed by atoms with Gasteiger partial charge in [-0.25, -0.2) is 4.79 Å². The Labute approximate surface area is 84.1 Å². The van der Waals surface area contributed by atoms with Gasteiger partial charge in [-0.05, 0) is 19.9 Å². The van der Waals surface area contributed by atoms with Crippen molar-refractivity contribution in [1.29, 1.82) is 0 Å². The number of allylic oxidation sites excluding steroid dienone is 1. The van der Waals surface area contributed by atoms with Crippen LogP contribution < -0.4 is 0 Å². The second kappa shape index (κ2) is 8.16. The molecule has 0 aliphatic heterocycles. The highest BCUT2D eigenvalue weighted by atomic mass is 16.6. The van der Waals surface area contributed by atoms with Crippen LogP contribution in [0.25, 0.3) is 0 Å². The van der Waals surface area contributed by atoms with E-state index in [9.17, 15) is 4.79 Å². The van der Waals surface area contributed by atoms with Crippen LogP contribution in [-0.2, 0) is 19.0 Å². The summed E-state index contributed by atoms with van der Waals surface area (Å²) in [6.07, 6.45) is 2.88. The minimum Gasteiger partial charge on any atom is -0.498 e. The minimum absolute atomic E-state index is 0.208. The van der Waals surface area contributed by atoms with Crippen molar-refractivity contribution in [2.75, 3.05) is 19.8 Å². The summed E-state index contributed by atoms with van der Waals surface area (Å²) in [5.74, 6) is -0.242. The van der Waals surface area contributed by atoms with Gasteiger partial charge in [-0.1, -0.05) is 6.58 Å². The van der Waals surface area contributed by atoms with E-state index in [-0.39, 0.29) is 5.76 Å². The normalized spacial score (nSPS) is 10.6. The quantitative estimate of drug-likeness (QED) is 0.271. The van der Waals surface area contributed by atoms with Crippen LogP contribution in [0.2, 0.25) is 0 Å². The Morgan fingerprint density at radius 1 is 1.36 bits per heavy atom. The van der Waals surface area contributed by atoms with Crippen LogP contribution in [-0.4, -0.2) is 25.8 Å². The maximum Gasteiger partial charge on any atom is 0.373 e. The smallest absolute Gasteiger partial charge is 0.373 e. The molecule has 0 aromatic carbocycles. The van der Waals surface area contributed by atoms with Crippen LogP contribution in [0.3, 0.4) is 0 Å². The number of hydrogen-bond acceptors (Lipinski definition) is 4. The van der Waals surface area contributed by atoms with Gasteiger partial charge in [0.05, 0.1) is 12.9 Å². The van der Waals surface area contributed by atoms with Crippen LogP contribution in [0.5, 0.6) is 0 Å². The van der Waals surface area contributed by atoms with Gasteiger partial charge in [0.25, 0.3) is 0 Å². The summed E-state index contributed by atoms with van der Waals surface area (Å²) in [6.45, 7) is 7.82. The van der Waals surface area contributed by atoms with E-state index in [1.165, 1.54) is 6.26 Å². The van der Waals surface area contributed by atoms with E-state index in [0.717, 1.165) is 0 Å². The Balaban J connectivity index is 3.80. The molecule has 0 N–H and O–H groups in total. The molecule has 0 fully saturated rings. The number of carbonyl (C=O) groups is 1. The average molecular weight is 200 g/mol. The molecule has 0 heterocycles. The molecule has 0 spiro atoms. The predicted molar refractivity (Wildman–Crippen MR) is 52.5 cm³/mol. The molecule has 0 rings (SSSR count). The third-order valence-electron chi connectivity index (χ3n) is 1.32. The topological polar surface area (TPSA) is 44.8 Å². The average Bonchev–Trinajstić information content (AvgIpc) is 2.18. The van der Waals surface area contributed by atoms with Crippen molar-refractivity contribution in [3.8, 4) is 0 Å². The lowest BCUT2D eigenvalue weighted by atomic mass is 10.4. The number of esters is 1. The summed E-state index contributed by atoms with van der Waals surface area (Å²) in [5, 5.41) is 0. The third kappa shape index (κ3) is 5.24. The molecule has 0 aliphatic carbocycles. The Kier molecular flexibility index (Phi) is 7.32. The Bertz CT molecular complexity index is 208. The van der Waals surface area contributed by atoms with Crippen molar-refractivity contribution in [3.63, 3.8) is 0 Å². The molecule has 0 radical (unpaired) electrons. The number of ether oxygens (including phenoxy) is 3. The molecule has 14 heavy (non-hydrogen) atoms. The summed E-state index contributed by atoms with van der Waals surface area (Å²) >= 11 is 0. The van der Waals surface area contributed by atoms with Crippen molar-refractivity contribution in [3.05, 3.63) is 24.7 Å². The van der Waals surface area contributed by atoms with E-state index in [2.05, 4.69) is 6.58 Å². The lowest BCUT2D eigenvalue weighted by molar-refractivity contribution is -0.142. The van der Waals surface area contributed by atoms with Crippen LogP contribution in [0.1, 0.15) is 13.8 Å². The molecule has 4 nitrogen and oxygen atoms in total. The van der Waals surface area contributed by atoms with Crippen molar-refractivity contribution in [2.45, 2.75) is 13.8 Å². The predicted octanol–water partition coefficient (Wildman–Crippen LogP) is 1.63. The fraction of sp³-hybridized carbons (Fsp3) is 0.500. The van der Waals surface area contributed by atoms with Crippen LogP contribution in [0, 0.1) is 0 Å². The number of hydrogen-bond donors (Lipinski definition) is 0. The van der Waals surface area contributed by atoms with E-state index in [0.29, 0.717) is 19.8 Å². The van der Waals surface area contributed by atoms with Crippen molar-refractivity contribution < 1.29 is 19.0 Å². The first-order valence-corrected chi connectivity index (χ1v) is 4.45. The maximum atomic E-state index is 11.2. The summed E-state index contributed by atoms with van der Waals surface area (Å²) in [7, 11) is 0. The Morgan fingerprint density at radius 3 is 2.57 bits per heavy atom. The van der Waals surface area contributed by atoms with Crippen molar-refractivity contribution >= 4 is 5.97 Å². The van der Waals surface area contributed by atoms with Gasteiger partial charge >= 0.3 is 5.97 Å². The van der Waals surface area contributed by atoms with Crippen LogP contribution >= 0.6 is 0 Å². The third-order valence-corrected chi connectivity index (χ3v) is 1.32. The summed E-state index contributed by atoms with van der Waals surface area (Å²) in [4.78, 5) is 11.2. The first kappa shape index (κ1) is 12.6. The first-order valence-electron chi connectivity index (χ1n) is 4.45. The Morgan fingerprint density at radius 2 is 2.07 bits per heavy atom. The maximum absolute atomic E-state index is 11.2. The molecule has 0 atom stereocenters. The first-order chi connectivity index (χ1) is 6.76. The van der Waals surface area contributed by atoms with Crippen molar-refractivity contribution in [1.82, 2.24) is 0 Å². The largest absolute Gasteiger partial charge is 0.498 e. The fourth-order valence-corrected chi connectivity index (χ4v) is 0.745. The van der Waals surface area contributed by atoms with Crippen LogP contribution in [0.15, 0.2) is 24.7 Å². The molecule has 0 saturated heterocycles. The SMILES string of the molecule is C=COCCOC(=CC)C(=O)OCC. The van der Waals surface area contributed by atoms with Gasteiger partial charge in [0.15, 0.2) is 5.76 Å². The fourth-order valence-electron chi connectivity index (χ4n) is 0.745. The zero-order valence-corrected chi connectivity index (χ0v) is 8.62. The summed E-state index contributed by atoms with van der Waals surface area (Å²) < 4.78 is 14.7. The van der Waals surface area contributed by atoms with Crippen molar-refractivity contribution in [2.24, 2.45) is 0 Å². The van der Waals surface area contributed by atoms with Gasteiger partial charge < -0.3 is 14.2 Å². The molecule has 80 valence electrons. The van der Waals surface area contributed by atoms with Gasteiger partial charge in [-0.2, -0.15) is 0 Å². The van der Waals surface area contributed by atoms with Gasteiger partial charge in [-0.3, -0.25) is 0 Å². The zero-order chi connectivity index (χ0) is 10.8. The molecular weight excluding hydrogens is 184 g/mol. The highest BCUT2D eigenvalue weighted by Gasteiger charge is 2.09. The monoisotopic (exact) mass is 200 g/mol. The molecule has 0 aromatic heterocycles. The van der Waals surface area contributed by atoms with Crippen LogP contribution in [0.4, 0.5) is 0 Å². The lowest BCUT2D eigenvalue weighted by Gasteiger charge is -2.08. The van der Waals surface area contributed by atoms with Gasteiger partial charge in [-0.15, -0.1) is 0 Å². The highest BCUT2D eigenvalue weighted by Crippen LogP contribution is 2.00. The molecule has 4 heteroatoms. The van der Waals surface area contributed by atoms with E-state index in [1.807, 2.05) is 0 Å². The lowest BCUT2D eigenvalue weighted by Crippen LogP contribution is -2.12. The summed E-state index contributed by atoms with van der Waals surface area (Å²) in [6, 6.07) is 0. The Hall–Kier alpha value is -1.45. The second-order valence-corrected chi connectivity index (χ2v) is 2.26. The van der Waals surface area contributed by atoms with E-state index < -0.39 is 5.97 Å². The minimum atomic E-state index is -0.450. The van der Waals surface area contributed by atoms with Gasteiger partial charge in [0.1, 0.15) is 13.2 Å². The van der Waals surface area contributed by atoms with E-state index in [1.54, 1.807) is 19.9 Å². The summed E-state index contributed by atoms with van der Waals surface area (Å²) in [5.41, 5.74) is 0. The second-order valence-electron chi connectivity index (χ2n) is 2.26. The highest BCUT2D eigenvalue weighted by molar-refractivity contribution is 5.86. The zero-order valence-electron chi connectivity index (χ0n) is 8.62. The number of carbonyl (C=O) groups excluding carboxylic acids is 1. The molecule has 0 saturated carbocycles. The molecule has 0 unspecified atom stereocenters. The van der Waals surface area contributed by atoms with Gasteiger partial charge in [0, 0.05) is 0 Å². The number of rotatable bonds is 7. The molecule has 0 bridgehead atoms. The van der Waals surface area contributed by atoms with E-state index in [4.69, 9.17) is 14.2 Å². The molecule has 0 amide bonds. The van der Waals surface area contributed by atoms with E-state index >= 15 is 0 Å². The van der Waals surface area contributed by atoms with Gasteiger partial charge in [0.2, 0.25) is 0 Å².